The Hall–Kier alpha value is -1.06. The molecule has 0 saturated carbocycles. The lowest BCUT2D eigenvalue weighted by atomic mass is 9.99. The fourth-order valence-electron chi connectivity index (χ4n) is 1.85. The van der Waals surface area contributed by atoms with E-state index < -0.39 is 0 Å². The summed E-state index contributed by atoms with van der Waals surface area (Å²) in [7, 11) is 0. The SMILES string of the molecule is CC(N)CC(=O)NC(C)c1ccc(C(C)C)cc1.Cl. The number of hydrogen-bond donors (Lipinski definition) is 2. The Kier molecular flexibility index (Phi) is 7.72. The molecule has 0 aliphatic carbocycles. The number of rotatable bonds is 5. The molecule has 1 aromatic carbocycles. The Morgan fingerprint density at radius 1 is 1.11 bits per heavy atom. The van der Waals surface area contributed by atoms with Crippen LogP contribution in [-0.4, -0.2) is 11.9 Å². The van der Waals surface area contributed by atoms with Crippen LogP contribution in [0.15, 0.2) is 24.3 Å². The predicted octanol–water partition coefficient (Wildman–Crippen LogP) is 3.15. The molecular weight excluding hydrogens is 260 g/mol. The molecule has 3 N–H and O–H groups in total. The molecule has 1 rings (SSSR count). The highest BCUT2D eigenvalue weighted by atomic mass is 35.5. The van der Waals surface area contributed by atoms with Crippen molar-refractivity contribution in [3.8, 4) is 0 Å². The van der Waals surface area contributed by atoms with Gasteiger partial charge >= 0.3 is 0 Å². The van der Waals surface area contributed by atoms with Crippen LogP contribution in [0.1, 0.15) is 57.2 Å². The minimum Gasteiger partial charge on any atom is -0.350 e. The van der Waals surface area contributed by atoms with Crippen LogP contribution in [0.2, 0.25) is 0 Å². The van der Waals surface area contributed by atoms with Gasteiger partial charge in [-0.15, -0.1) is 12.4 Å². The van der Waals surface area contributed by atoms with Crippen LogP contribution in [0.4, 0.5) is 0 Å². The highest BCUT2D eigenvalue weighted by molar-refractivity contribution is 5.85. The van der Waals surface area contributed by atoms with E-state index in [2.05, 4.69) is 43.4 Å². The van der Waals surface area contributed by atoms with Crippen LogP contribution < -0.4 is 11.1 Å². The van der Waals surface area contributed by atoms with Crippen LogP contribution in [0.25, 0.3) is 0 Å². The van der Waals surface area contributed by atoms with Crippen molar-refractivity contribution in [1.82, 2.24) is 5.32 Å². The smallest absolute Gasteiger partial charge is 0.222 e. The van der Waals surface area contributed by atoms with Gasteiger partial charge in [0.05, 0.1) is 6.04 Å². The van der Waals surface area contributed by atoms with Crippen LogP contribution in [0.5, 0.6) is 0 Å². The first kappa shape index (κ1) is 17.9. The average Bonchev–Trinajstić information content (AvgIpc) is 2.27. The van der Waals surface area contributed by atoms with E-state index in [1.165, 1.54) is 5.56 Å². The standard InChI is InChI=1S/C15H24N2O.ClH/c1-10(2)13-5-7-14(8-6-13)12(4)17-15(18)9-11(3)16;/h5-8,10-12H,9,16H2,1-4H3,(H,17,18);1H. The molecule has 0 bridgehead atoms. The normalized spacial score (nSPS) is 13.6. The lowest BCUT2D eigenvalue weighted by molar-refractivity contribution is -0.122. The molecular formula is C15H25ClN2O. The van der Waals surface area contributed by atoms with Crippen molar-refractivity contribution in [1.29, 1.82) is 0 Å². The Morgan fingerprint density at radius 3 is 2.00 bits per heavy atom. The summed E-state index contributed by atoms with van der Waals surface area (Å²) in [5.74, 6) is 0.535. The summed E-state index contributed by atoms with van der Waals surface area (Å²) in [5.41, 5.74) is 8.04. The van der Waals surface area contributed by atoms with Gasteiger partial charge in [0.2, 0.25) is 5.91 Å². The van der Waals surface area contributed by atoms with E-state index in [4.69, 9.17) is 5.73 Å². The minimum absolute atomic E-state index is 0. The first-order chi connectivity index (χ1) is 8.40. The van der Waals surface area contributed by atoms with E-state index in [1.54, 1.807) is 0 Å². The van der Waals surface area contributed by atoms with Crippen LogP contribution in [0.3, 0.4) is 0 Å². The summed E-state index contributed by atoms with van der Waals surface area (Å²) >= 11 is 0. The van der Waals surface area contributed by atoms with Gasteiger partial charge in [-0.25, -0.2) is 0 Å². The Morgan fingerprint density at radius 2 is 1.58 bits per heavy atom. The fourth-order valence-corrected chi connectivity index (χ4v) is 1.85. The number of benzene rings is 1. The fraction of sp³-hybridized carbons (Fsp3) is 0.533. The Balaban J connectivity index is 0.00000324. The zero-order valence-electron chi connectivity index (χ0n) is 12.1. The van der Waals surface area contributed by atoms with Gasteiger partial charge in [0.15, 0.2) is 0 Å². The van der Waals surface area contributed by atoms with Gasteiger partial charge in [-0.05, 0) is 30.9 Å². The maximum absolute atomic E-state index is 11.6. The van der Waals surface area contributed by atoms with E-state index in [9.17, 15) is 4.79 Å². The molecule has 0 spiro atoms. The lowest BCUT2D eigenvalue weighted by Gasteiger charge is -2.16. The van der Waals surface area contributed by atoms with Crippen LogP contribution in [-0.2, 0) is 4.79 Å². The molecule has 19 heavy (non-hydrogen) atoms. The van der Waals surface area contributed by atoms with E-state index in [0.717, 1.165) is 5.56 Å². The van der Waals surface area contributed by atoms with Crippen LogP contribution in [0, 0.1) is 0 Å². The van der Waals surface area contributed by atoms with Crippen molar-refractivity contribution >= 4 is 18.3 Å². The van der Waals surface area contributed by atoms with Crippen LogP contribution >= 0.6 is 12.4 Å². The largest absolute Gasteiger partial charge is 0.350 e. The second kappa shape index (κ2) is 8.18. The van der Waals surface area contributed by atoms with Gasteiger partial charge in [-0.3, -0.25) is 4.79 Å². The van der Waals surface area contributed by atoms with Crippen molar-refractivity contribution in [2.45, 2.75) is 52.1 Å². The molecule has 0 fully saturated rings. The van der Waals surface area contributed by atoms with Crippen molar-refractivity contribution in [2.75, 3.05) is 0 Å². The molecule has 3 nitrogen and oxygen atoms in total. The second-order valence-electron chi connectivity index (χ2n) is 5.29. The molecule has 2 unspecified atom stereocenters. The molecule has 4 heteroatoms. The van der Waals surface area contributed by atoms with Crippen molar-refractivity contribution in [3.63, 3.8) is 0 Å². The average molecular weight is 285 g/mol. The first-order valence-corrected chi connectivity index (χ1v) is 6.55. The van der Waals surface area contributed by atoms with Crippen molar-refractivity contribution in [3.05, 3.63) is 35.4 Å². The quantitative estimate of drug-likeness (QED) is 0.873. The molecule has 0 aliphatic rings. The van der Waals surface area contributed by atoms with E-state index >= 15 is 0 Å². The third-order valence-corrected chi connectivity index (χ3v) is 2.99. The van der Waals surface area contributed by atoms with E-state index in [1.807, 2.05) is 13.8 Å². The third kappa shape index (κ3) is 6.08. The number of hydrogen-bond acceptors (Lipinski definition) is 2. The first-order valence-electron chi connectivity index (χ1n) is 6.55. The predicted molar refractivity (Wildman–Crippen MR) is 82.6 cm³/mol. The molecule has 108 valence electrons. The Labute approximate surface area is 122 Å². The van der Waals surface area contributed by atoms with E-state index in [0.29, 0.717) is 12.3 Å². The summed E-state index contributed by atoms with van der Waals surface area (Å²) in [4.78, 5) is 11.6. The molecule has 0 aliphatic heterocycles. The number of nitrogens with two attached hydrogens (primary N) is 1. The monoisotopic (exact) mass is 284 g/mol. The minimum atomic E-state index is -0.0967. The molecule has 0 heterocycles. The molecule has 0 saturated heterocycles. The molecule has 2 atom stereocenters. The van der Waals surface area contributed by atoms with Gasteiger partial charge in [-0.1, -0.05) is 38.1 Å². The number of halogens is 1. The summed E-state index contributed by atoms with van der Waals surface area (Å²) in [6, 6.07) is 8.32. The number of carbonyl (C=O) groups excluding carboxylic acids is 1. The lowest BCUT2D eigenvalue weighted by Crippen LogP contribution is -2.31. The van der Waals surface area contributed by atoms with E-state index in [-0.39, 0.29) is 30.4 Å². The molecule has 1 aromatic rings. The van der Waals surface area contributed by atoms with Gasteiger partial charge in [0.1, 0.15) is 0 Å². The van der Waals surface area contributed by atoms with Gasteiger partial charge < -0.3 is 11.1 Å². The number of amides is 1. The van der Waals surface area contributed by atoms with Gasteiger partial charge in [0.25, 0.3) is 0 Å². The summed E-state index contributed by atoms with van der Waals surface area (Å²) in [5, 5.41) is 2.96. The number of nitrogens with one attached hydrogen (secondary N) is 1. The maximum Gasteiger partial charge on any atom is 0.222 e. The van der Waals surface area contributed by atoms with Gasteiger partial charge in [0, 0.05) is 12.5 Å². The summed E-state index contributed by atoms with van der Waals surface area (Å²) in [6.07, 6.45) is 0.369. The molecule has 1 amide bonds. The highest BCUT2D eigenvalue weighted by Gasteiger charge is 2.11. The van der Waals surface area contributed by atoms with Crippen molar-refractivity contribution in [2.24, 2.45) is 5.73 Å². The van der Waals surface area contributed by atoms with Crippen molar-refractivity contribution < 1.29 is 4.79 Å². The zero-order chi connectivity index (χ0) is 13.7. The highest BCUT2D eigenvalue weighted by Crippen LogP contribution is 2.18. The zero-order valence-corrected chi connectivity index (χ0v) is 13.0. The maximum atomic E-state index is 11.6. The summed E-state index contributed by atoms with van der Waals surface area (Å²) in [6.45, 7) is 8.16. The Bertz CT molecular complexity index is 388. The van der Waals surface area contributed by atoms with Gasteiger partial charge in [-0.2, -0.15) is 0 Å². The summed E-state index contributed by atoms with van der Waals surface area (Å²) < 4.78 is 0. The second-order valence-corrected chi connectivity index (χ2v) is 5.29. The molecule has 0 aromatic heterocycles. The topological polar surface area (TPSA) is 55.1 Å². The number of carbonyl (C=O) groups is 1. The third-order valence-electron chi connectivity index (χ3n) is 2.99. The molecule has 0 radical (unpaired) electrons.